The van der Waals surface area contributed by atoms with Crippen LogP contribution in [0.2, 0.25) is 0 Å². The molecule has 17 heavy (non-hydrogen) atoms. The second-order valence-corrected chi connectivity index (χ2v) is 5.17. The Kier molecular flexibility index (Phi) is 2.67. The molecule has 0 atom stereocenters. The fourth-order valence-electron chi connectivity index (χ4n) is 2.61. The van der Waals surface area contributed by atoms with Crippen molar-refractivity contribution < 1.29 is 4.74 Å². The van der Waals surface area contributed by atoms with Crippen molar-refractivity contribution in [3.63, 3.8) is 0 Å². The zero-order chi connectivity index (χ0) is 11.7. The summed E-state index contributed by atoms with van der Waals surface area (Å²) in [5.41, 5.74) is 2.51. The van der Waals surface area contributed by atoms with Gasteiger partial charge in [-0.25, -0.2) is 4.98 Å². The first kappa shape index (κ1) is 10.8. The Balaban J connectivity index is 1.82. The van der Waals surface area contributed by atoms with E-state index >= 15 is 0 Å². The molecule has 2 aliphatic heterocycles. The molecule has 0 saturated carbocycles. The molecule has 1 saturated heterocycles. The van der Waals surface area contributed by atoms with E-state index in [1.807, 2.05) is 6.92 Å². The maximum atomic E-state index is 5.46. The van der Waals surface area contributed by atoms with Crippen LogP contribution < -0.4 is 10.6 Å². The highest BCUT2D eigenvalue weighted by atomic mass is 16.5. The number of hydrogen-bond donors (Lipinski definition) is 2. The van der Waals surface area contributed by atoms with Crippen molar-refractivity contribution in [1.82, 2.24) is 4.98 Å². The van der Waals surface area contributed by atoms with Crippen molar-refractivity contribution in [3.8, 4) is 0 Å². The van der Waals surface area contributed by atoms with E-state index in [0.29, 0.717) is 5.41 Å². The minimum absolute atomic E-state index is 0.326. The summed E-state index contributed by atoms with van der Waals surface area (Å²) in [5.74, 6) is 0.994. The summed E-state index contributed by atoms with van der Waals surface area (Å²) in [4.78, 5) is 4.55. The Labute approximate surface area is 102 Å². The van der Waals surface area contributed by atoms with Gasteiger partial charge in [-0.3, -0.25) is 0 Å². The number of hydrogen-bond acceptors (Lipinski definition) is 4. The lowest BCUT2D eigenvalue weighted by atomic mass is 9.80. The lowest BCUT2D eigenvalue weighted by Crippen LogP contribution is -2.40. The van der Waals surface area contributed by atoms with Crippen molar-refractivity contribution in [3.05, 3.63) is 17.8 Å². The number of fused-ring (bicyclic) bond motifs is 1. The number of ether oxygens (including phenoxy) is 1. The van der Waals surface area contributed by atoms with E-state index in [9.17, 15) is 0 Å². The molecule has 1 spiro atoms. The number of nitrogens with one attached hydrogen (secondary N) is 2. The molecule has 1 fully saturated rings. The topological polar surface area (TPSA) is 46.2 Å². The molecule has 2 N–H and O–H groups in total. The van der Waals surface area contributed by atoms with Crippen molar-refractivity contribution in [1.29, 1.82) is 0 Å². The fourth-order valence-corrected chi connectivity index (χ4v) is 2.61. The average Bonchev–Trinajstić information content (AvgIpc) is 2.52. The molecule has 0 radical (unpaired) electrons. The third-order valence-corrected chi connectivity index (χ3v) is 3.87. The molecule has 1 aromatic rings. The predicted molar refractivity (Wildman–Crippen MR) is 68.4 cm³/mol. The van der Waals surface area contributed by atoms with Crippen LogP contribution in [0.4, 0.5) is 11.5 Å². The van der Waals surface area contributed by atoms with Crippen LogP contribution in [0, 0.1) is 12.3 Å². The first-order valence-electron chi connectivity index (χ1n) is 6.31. The molecule has 4 heteroatoms. The second kappa shape index (κ2) is 4.18. The zero-order valence-corrected chi connectivity index (χ0v) is 10.3. The van der Waals surface area contributed by atoms with Gasteiger partial charge in [0, 0.05) is 37.4 Å². The van der Waals surface area contributed by atoms with E-state index in [4.69, 9.17) is 4.74 Å². The van der Waals surface area contributed by atoms with E-state index in [1.54, 1.807) is 0 Å². The van der Waals surface area contributed by atoms with E-state index in [0.717, 1.165) is 56.3 Å². The predicted octanol–water partition coefficient (Wildman–Crippen LogP) is 2.02. The van der Waals surface area contributed by atoms with Gasteiger partial charge >= 0.3 is 0 Å². The third-order valence-electron chi connectivity index (χ3n) is 3.87. The van der Waals surface area contributed by atoms with Crippen LogP contribution in [0.1, 0.15) is 18.5 Å². The lowest BCUT2D eigenvalue weighted by Gasteiger charge is -2.36. The summed E-state index contributed by atoms with van der Waals surface area (Å²) >= 11 is 0. The molecule has 2 aliphatic rings. The van der Waals surface area contributed by atoms with Crippen LogP contribution in [0.5, 0.6) is 0 Å². The summed E-state index contributed by atoms with van der Waals surface area (Å²) < 4.78 is 5.46. The van der Waals surface area contributed by atoms with E-state index in [2.05, 4.69) is 27.8 Å². The van der Waals surface area contributed by atoms with Crippen LogP contribution in [0.25, 0.3) is 0 Å². The van der Waals surface area contributed by atoms with Crippen LogP contribution in [0.15, 0.2) is 12.1 Å². The van der Waals surface area contributed by atoms with Gasteiger partial charge in [0.05, 0.1) is 5.69 Å². The molecule has 92 valence electrons. The number of rotatable bonds is 0. The van der Waals surface area contributed by atoms with Crippen LogP contribution >= 0.6 is 0 Å². The first-order chi connectivity index (χ1) is 8.27. The first-order valence-corrected chi connectivity index (χ1v) is 6.31. The van der Waals surface area contributed by atoms with Crippen LogP contribution in [-0.4, -0.2) is 31.3 Å². The van der Waals surface area contributed by atoms with Gasteiger partial charge in [0.15, 0.2) is 0 Å². The van der Waals surface area contributed by atoms with Gasteiger partial charge in [0.1, 0.15) is 5.82 Å². The normalized spacial score (nSPS) is 22.2. The molecule has 0 aliphatic carbocycles. The molecule has 3 heterocycles. The number of pyridine rings is 1. The Morgan fingerprint density at radius 3 is 2.76 bits per heavy atom. The molecule has 0 amide bonds. The maximum Gasteiger partial charge on any atom is 0.149 e. The summed E-state index contributed by atoms with van der Waals surface area (Å²) in [6.45, 7) is 5.79. The quantitative estimate of drug-likeness (QED) is 0.719. The highest BCUT2D eigenvalue weighted by Crippen LogP contribution is 2.35. The zero-order valence-electron chi connectivity index (χ0n) is 10.3. The Morgan fingerprint density at radius 2 is 1.94 bits per heavy atom. The van der Waals surface area contributed by atoms with Gasteiger partial charge < -0.3 is 15.4 Å². The maximum absolute atomic E-state index is 5.46. The summed E-state index contributed by atoms with van der Waals surface area (Å²) in [5, 5.41) is 7.03. The molecule has 4 nitrogen and oxygen atoms in total. The van der Waals surface area contributed by atoms with Gasteiger partial charge in [-0.2, -0.15) is 0 Å². The highest BCUT2D eigenvalue weighted by molar-refractivity contribution is 5.65. The lowest BCUT2D eigenvalue weighted by molar-refractivity contribution is 0.0276. The van der Waals surface area contributed by atoms with Gasteiger partial charge in [0.25, 0.3) is 0 Å². The number of aryl methyl sites for hydroxylation is 1. The van der Waals surface area contributed by atoms with Gasteiger partial charge in [-0.1, -0.05) is 0 Å². The van der Waals surface area contributed by atoms with Gasteiger partial charge in [-0.05, 0) is 31.9 Å². The molecular formula is C13H19N3O. The third kappa shape index (κ3) is 2.09. The molecule has 1 aromatic heterocycles. The fraction of sp³-hybridized carbons (Fsp3) is 0.615. The molecule has 0 unspecified atom stereocenters. The highest BCUT2D eigenvalue weighted by Gasteiger charge is 2.34. The summed E-state index contributed by atoms with van der Waals surface area (Å²) in [6, 6.07) is 4.17. The average molecular weight is 233 g/mol. The standard InChI is InChI=1S/C13H19N3O/c1-10-2-3-11-12(16-10)15-9-13(8-14-11)4-6-17-7-5-13/h2-3,14H,4-9H2,1H3,(H,15,16). The summed E-state index contributed by atoms with van der Waals surface area (Å²) in [7, 11) is 0. The molecule has 3 rings (SSSR count). The van der Waals surface area contributed by atoms with E-state index in [1.165, 1.54) is 0 Å². The second-order valence-electron chi connectivity index (χ2n) is 5.17. The van der Waals surface area contributed by atoms with Crippen molar-refractivity contribution >= 4 is 11.5 Å². The van der Waals surface area contributed by atoms with Crippen LogP contribution in [-0.2, 0) is 4.74 Å². The van der Waals surface area contributed by atoms with Crippen molar-refractivity contribution in [2.75, 3.05) is 36.9 Å². The Hall–Kier alpha value is -1.29. The SMILES string of the molecule is Cc1ccc2c(n1)NCC1(CCOCC1)CN2. The molecule has 0 bridgehead atoms. The molecule has 0 aromatic carbocycles. The minimum atomic E-state index is 0.326. The minimum Gasteiger partial charge on any atom is -0.381 e. The monoisotopic (exact) mass is 233 g/mol. The van der Waals surface area contributed by atoms with E-state index in [-0.39, 0.29) is 0 Å². The van der Waals surface area contributed by atoms with E-state index < -0.39 is 0 Å². The number of nitrogens with zero attached hydrogens (tertiary/aromatic N) is 1. The van der Waals surface area contributed by atoms with Gasteiger partial charge in [0.2, 0.25) is 0 Å². The largest absolute Gasteiger partial charge is 0.381 e. The van der Waals surface area contributed by atoms with Crippen molar-refractivity contribution in [2.24, 2.45) is 5.41 Å². The summed E-state index contributed by atoms with van der Waals surface area (Å²) in [6.07, 6.45) is 2.25. The van der Waals surface area contributed by atoms with Crippen molar-refractivity contribution in [2.45, 2.75) is 19.8 Å². The number of aromatic nitrogens is 1. The van der Waals surface area contributed by atoms with Crippen LogP contribution in [0.3, 0.4) is 0 Å². The number of anilines is 2. The smallest absolute Gasteiger partial charge is 0.149 e. The molecular weight excluding hydrogens is 214 g/mol. The Morgan fingerprint density at radius 1 is 1.18 bits per heavy atom. The Bertz CT molecular complexity index is 413. The van der Waals surface area contributed by atoms with Gasteiger partial charge in [-0.15, -0.1) is 0 Å².